The second kappa shape index (κ2) is 5.13. The van der Waals surface area contributed by atoms with Crippen LogP contribution in [0.25, 0.3) is 0 Å². The predicted molar refractivity (Wildman–Crippen MR) is 74.5 cm³/mol. The number of anilines is 1. The molecule has 0 saturated carbocycles. The van der Waals surface area contributed by atoms with Gasteiger partial charge in [0.15, 0.2) is 0 Å². The Hall–Kier alpha value is -0.630. The van der Waals surface area contributed by atoms with Gasteiger partial charge in [0, 0.05) is 17.0 Å². The molecule has 1 fully saturated rings. The average Bonchev–Trinajstić information content (AvgIpc) is 2.25. The third kappa shape index (κ3) is 2.73. The topological polar surface area (TPSA) is 12.0 Å². The van der Waals surface area contributed by atoms with Crippen molar-refractivity contribution >= 4 is 17.4 Å². The molecule has 1 saturated heterocycles. The first-order valence-electron chi connectivity index (χ1n) is 6.12. The zero-order valence-corrected chi connectivity index (χ0v) is 11.2. The molecule has 0 amide bonds. The average molecular weight is 235 g/mol. The lowest BCUT2D eigenvalue weighted by molar-refractivity contribution is 0.617. The second-order valence-electron chi connectivity index (χ2n) is 4.79. The van der Waals surface area contributed by atoms with Gasteiger partial charge in [-0.3, -0.25) is 0 Å². The van der Waals surface area contributed by atoms with Crippen LogP contribution < -0.4 is 5.32 Å². The fourth-order valence-corrected chi connectivity index (χ4v) is 3.43. The van der Waals surface area contributed by atoms with Crippen LogP contribution in [-0.2, 0) is 0 Å². The summed E-state index contributed by atoms with van der Waals surface area (Å²) in [7, 11) is 0. The van der Waals surface area contributed by atoms with Crippen molar-refractivity contribution in [3.05, 3.63) is 29.3 Å². The summed E-state index contributed by atoms with van der Waals surface area (Å²) in [6.07, 6.45) is 2.65. The molecule has 1 aliphatic rings. The molecule has 0 aromatic heterocycles. The van der Waals surface area contributed by atoms with E-state index in [9.17, 15) is 0 Å². The minimum absolute atomic E-state index is 0.639. The number of benzene rings is 1. The van der Waals surface area contributed by atoms with Gasteiger partial charge in [0.05, 0.1) is 0 Å². The van der Waals surface area contributed by atoms with Gasteiger partial charge in [-0.05, 0) is 44.1 Å². The van der Waals surface area contributed by atoms with Gasteiger partial charge < -0.3 is 5.32 Å². The molecule has 2 rings (SSSR count). The van der Waals surface area contributed by atoms with Gasteiger partial charge in [0.1, 0.15) is 0 Å². The van der Waals surface area contributed by atoms with E-state index in [-0.39, 0.29) is 0 Å². The highest BCUT2D eigenvalue weighted by Crippen LogP contribution is 2.28. The fourth-order valence-electron chi connectivity index (χ4n) is 2.29. The van der Waals surface area contributed by atoms with Crippen LogP contribution in [0.4, 0.5) is 5.69 Å². The van der Waals surface area contributed by atoms with Crippen molar-refractivity contribution in [2.45, 2.75) is 44.9 Å². The first-order valence-corrected chi connectivity index (χ1v) is 7.17. The molecule has 1 heterocycles. The molecule has 1 aromatic rings. The number of hydrogen-bond donors (Lipinski definition) is 1. The van der Waals surface area contributed by atoms with Gasteiger partial charge in [0.2, 0.25) is 0 Å². The van der Waals surface area contributed by atoms with Gasteiger partial charge >= 0.3 is 0 Å². The molecule has 0 bridgehead atoms. The lowest BCUT2D eigenvalue weighted by atomic mass is 10.1. The molecule has 16 heavy (non-hydrogen) atoms. The highest BCUT2D eigenvalue weighted by Gasteiger charge is 2.21. The van der Waals surface area contributed by atoms with Crippen molar-refractivity contribution in [3.63, 3.8) is 0 Å². The quantitative estimate of drug-likeness (QED) is 0.831. The lowest BCUT2D eigenvalue weighted by Gasteiger charge is -2.30. The van der Waals surface area contributed by atoms with Crippen LogP contribution in [0.1, 0.15) is 30.9 Å². The van der Waals surface area contributed by atoms with E-state index in [1.807, 2.05) is 0 Å². The number of aryl methyl sites for hydroxylation is 2. The van der Waals surface area contributed by atoms with E-state index in [2.05, 4.69) is 56.0 Å². The van der Waals surface area contributed by atoms with Gasteiger partial charge in [-0.15, -0.1) is 0 Å². The van der Waals surface area contributed by atoms with E-state index in [1.165, 1.54) is 35.4 Å². The minimum atomic E-state index is 0.639. The highest BCUT2D eigenvalue weighted by molar-refractivity contribution is 8.00. The summed E-state index contributed by atoms with van der Waals surface area (Å²) in [4.78, 5) is 0. The summed E-state index contributed by atoms with van der Waals surface area (Å²) in [6.45, 7) is 6.68. The Morgan fingerprint density at radius 2 is 2.12 bits per heavy atom. The summed E-state index contributed by atoms with van der Waals surface area (Å²) < 4.78 is 0. The smallest absolute Gasteiger partial charge is 0.0377 e. The van der Waals surface area contributed by atoms with Crippen LogP contribution in [0.3, 0.4) is 0 Å². The zero-order chi connectivity index (χ0) is 11.5. The van der Waals surface area contributed by atoms with Gasteiger partial charge in [-0.1, -0.05) is 24.6 Å². The summed E-state index contributed by atoms with van der Waals surface area (Å²) in [5, 5.41) is 4.44. The third-order valence-electron chi connectivity index (χ3n) is 3.33. The number of nitrogens with one attached hydrogen (secondary N) is 1. The van der Waals surface area contributed by atoms with Crippen molar-refractivity contribution in [2.75, 3.05) is 11.1 Å². The zero-order valence-electron chi connectivity index (χ0n) is 10.4. The van der Waals surface area contributed by atoms with Crippen molar-refractivity contribution < 1.29 is 0 Å². The molecule has 1 N–H and O–H groups in total. The monoisotopic (exact) mass is 235 g/mol. The first kappa shape index (κ1) is 11.8. The van der Waals surface area contributed by atoms with E-state index in [1.54, 1.807) is 0 Å². The van der Waals surface area contributed by atoms with Crippen molar-refractivity contribution in [2.24, 2.45) is 0 Å². The van der Waals surface area contributed by atoms with Gasteiger partial charge in [-0.25, -0.2) is 0 Å². The standard InChI is InChI=1S/C14H21NS/c1-10-6-7-13(11(2)9-10)15-14-5-4-8-16-12(14)3/h6-7,9,12,14-15H,4-5,8H2,1-3H3. The highest BCUT2D eigenvalue weighted by atomic mass is 32.2. The molecule has 0 spiro atoms. The summed E-state index contributed by atoms with van der Waals surface area (Å²) >= 11 is 2.09. The summed E-state index contributed by atoms with van der Waals surface area (Å²) in [6, 6.07) is 7.30. The SMILES string of the molecule is Cc1ccc(NC2CCCSC2C)c(C)c1. The molecular formula is C14H21NS. The van der Waals surface area contributed by atoms with E-state index >= 15 is 0 Å². The Balaban J connectivity index is 2.07. The predicted octanol–water partition coefficient (Wildman–Crippen LogP) is 4.00. The van der Waals surface area contributed by atoms with Crippen LogP contribution in [0.5, 0.6) is 0 Å². The van der Waals surface area contributed by atoms with Gasteiger partial charge in [0.25, 0.3) is 0 Å². The third-order valence-corrected chi connectivity index (χ3v) is 4.71. The maximum Gasteiger partial charge on any atom is 0.0377 e. The Labute approximate surface area is 103 Å². The Bertz CT molecular complexity index is 362. The first-order chi connectivity index (χ1) is 7.66. The number of hydrogen-bond acceptors (Lipinski definition) is 2. The fraction of sp³-hybridized carbons (Fsp3) is 0.571. The van der Waals surface area contributed by atoms with E-state index in [0.717, 1.165) is 5.25 Å². The molecule has 2 unspecified atom stereocenters. The molecule has 1 aliphatic heterocycles. The molecular weight excluding hydrogens is 214 g/mol. The van der Waals surface area contributed by atoms with E-state index in [4.69, 9.17) is 0 Å². The normalized spacial score (nSPS) is 25.4. The van der Waals surface area contributed by atoms with Crippen molar-refractivity contribution in [1.82, 2.24) is 0 Å². The van der Waals surface area contributed by atoms with E-state index < -0.39 is 0 Å². The summed E-state index contributed by atoms with van der Waals surface area (Å²) in [5.41, 5.74) is 4.02. The second-order valence-corrected chi connectivity index (χ2v) is 6.27. The molecule has 0 radical (unpaired) electrons. The lowest BCUT2D eigenvalue weighted by Crippen LogP contribution is -2.32. The Morgan fingerprint density at radius 1 is 1.31 bits per heavy atom. The number of thioether (sulfide) groups is 1. The van der Waals surface area contributed by atoms with Crippen molar-refractivity contribution in [1.29, 1.82) is 0 Å². The van der Waals surface area contributed by atoms with Crippen LogP contribution in [0.2, 0.25) is 0 Å². The molecule has 1 aromatic carbocycles. The largest absolute Gasteiger partial charge is 0.381 e. The van der Waals surface area contributed by atoms with Crippen LogP contribution in [0.15, 0.2) is 18.2 Å². The maximum atomic E-state index is 3.71. The molecule has 2 atom stereocenters. The van der Waals surface area contributed by atoms with Crippen LogP contribution in [-0.4, -0.2) is 17.0 Å². The Kier molecular flexibility index (Phi) is 3.80. The number of rotatable bonds is 2. The van der Waals surface area contributed by atoms with Crippen LogP contribution >= 0.6 is 11.8 Å². The van der Waals surface area contributed by atoms with Crippen molar-refractivity contribution in [3.8, 4) is 0 Å². The van der Waals surface area contributed by atoms with Crippen LogP contribution in [0, 0.1) is 13.8 Å². The molecule has 2 heteroatoms. The minimum Gasteiger partial charge on any atom is -0.381 e. The molecule has 0 aliphatic carbocycles. The Morgan fingerprint density at radius 3 is 2.81 bits per heavy atom. The maximum absolute atomic E-state index is 3.71. The van der Waals surface area contributed by atoms with Gasteiger partial charge in [-0.2, -0.15) is 11.8 Å². The molecule has 88 valence electrons. The molecule has 1 nitrogen and oxygen atoms in total. The summed E-state index contributed by atoms with van der Waals surface area (Å²) in [5.74, 6) is 1.33. The van der Waals surface area contributed by atoms with E-state index in [0.29, 0.717) is 6.04 Å².